The molecule has 0 saturated carbocycles. The molecular weight excluding hydrogens is 534 g/mol. The van der Waals surface area contributed by atoms with Crippen LogP contribution >= 0.6 is 0 Å². The summed E-state index contributed by atoms with van der Waals surface area (Å²) in [6.45, 7) is 12.9. The zero-order valence-corrected chi connectivity index (χ0v) is 25.7. The molecule has 43 heavy (non-hydrogen) atoms. The average Bonchev–Trinajstić information content (AvgIpc) is 3.26. The highest BCUT2D eigenvalue weighted by molar-refractivity contribution is 6.51. The van der Waals surface area contributed by atoms with Crippen molar-refractivity contribution < 1.29 is 19.4 Å². The maximum atomic E-state index is 13.7. The first-order valence-electron chi connectivity index (χ1n) is 14.7. The summed E-state index contributed by atoms with van der Waals surface area (Å²) in [7, 11) is 0. The number of aliphatic hydroxyl groups excluding tert-OH is 1. The molecule has 1 fully saturated rings. The lowest BCUT2D eigenvalue weighted by Gasteiger charge is -2.27. The number of hydrogen-bond acceptors (Lipinski definition) is 4. The number of anilines is 1. The van der Waals surface area contributed by atoms with Gasteiger partial charge < -0.3 is 9.84 Å². The SMILES string of the molecule is Cc1cc(/C(O)=C2/C(=O)C(=O)N(c3ccc(C(C)C)cc3)C2c2ccc(C(C)(C)C)cc2)ccc1OCc1ccccc1. The van der Waals surface area contributed by atoms with Gasteiger partial charge in [0, 0.05) is 11.3 Å². The lowest BCUT2D eigenvalue weighted by molar-refractivity contribution is -0.132. The minimum atomic E-state index is -0.784. The predicted molar refractivity (Wildman–Crippen MR) is 172 cm³/mol. The molecule has 1 aliphatic rings. The Morgan fingerprint density at radius 3 is 2.12 bits per heavy atom. The average molecular weight is 574 g/mol. The van der Waals surface area contributed by atoms with Crippen molar-refractivity contribution in [3.8, 4) is 5.75 Å². The highest BCUT2D eigenvalue weighted by Crippen LogP contribution is 2.43. The summed E-state index contributed by atoms with van der Waals surface area (Å²) in [4.78, 5) is 28.8. The number of rotatable bonds is 7. The lowest BCUT2D eigenvalue weighted by Crippen LogP contribution is -2.29. The maximum Gasteiger partial charge on any atom is 0.300 e. The molecular formula is C38H39NO4. The van der Waals surface area contributed by atoms with E-state index < -0.39 is 17.7 Å². The normalized spacial score (nSPS) is 16.6. The molecule has 1 N–H and O–H groups in total. The Labute approximate surface area is 254 Å². The van der Waals surface area contributed by atoms with Crippen LogP contribution in [0.4, 0.5) is 5.69 Å². The van der Waals surface area contributed by atoms with E-state index in [-0.39, 0.29) is 16.7 Å². The Balaban J connectivity index is 1.57. The van der Waals surface area contributed by atoms with Gasteiger partial charge in [-0.1, -0.05) is 101 Å². The Kier molecular flexibility index (Phi) is 8.27. The van der Waals surface area contributed by atoms with Gasteiger partial charge in [-0.05, 0) is 76.4 Å². The highest BCUT2D eigenvalue weighted by Gasteiger charge is 2.47. The van der Waals surface area contributed by atoms with E-state index in [1.54, 1.807) is 18.2 Å². The number of ketones is 1. The van der Waals surface area contributed by atoms with Crippen molar-refractivity contribution in [2.45, 2.75) is 65.5 Å². The summed E-state index contributed by atoms with van der Waals surface area (Å²) in [6, 6.07) is 30.1. The molecule has 4 aromatic carbocycles. The topological polar surface area (TPSA) is 66.8 Å². The van der Waals surface area contributed by atoms with Crippen LogP contribution in [0.25, 0.3) is 5.76 Å². The fourth-order valence-electron chi connectivity index (χ4n) is 5.45. The minimum Gasteiger partial charge on any atom is -0.507 e. The van der Waals surface area contributed by atoms with Gasteiger partial charge in [0.1, 0.15) is 18.1 Å². The van der Waals surface area contributed by atoms with Gasteiger partial charge in [-0.3, -0.25) is 14.5 Å². The van der Waals surface area contributed by atoms with Crippen molar-refractivity contribution in [3.63, 3.8) is 0 Å². The van der Waals surface area contributed by atoms with Crippen LogP contribution in [0.1, 0.15) is 80.0 Å². The molecule has 1 atom stereocenters. The Morgan fingerprint density at radius 1 is 0.884 bits per heavy atom. The molecule has 1 amide bonds. The van der Waals surface area contributed by atoms with Gasteiger partial charge in [-0.15, -0.1) is 0 Å². The summed E-state index contributed by atoms with van der Waals surface area (Å²) in [5.41, 5.74) is 5.95. The van der Waals surface area contributed by atoms with Crippen LogP contribution in [0.5, 0.6) is 5.75 Å². The number of carbonyl (C=O) groups is 2. The van der Waals surface area contributed by atoms with Crippen molar-refractivity contribution in [3.05, 3.63) is 136 Å². The van der Waals surface area contributed by atoms with Crippen molar-refractivity contribution >= 4 is 23.1 Å². The number of Topliss-reactive ketones (excluding diaryl/α,β-unsaturated/α-hetero) is 1. The molecule has 0 radical (unpaired) electrons. The molecule has 5 rings (SSSR count). The maximum absolute atomic E-state index is 13.7. The summed E-state index contributed by atoms with van der Waals surface area (Å²) in [6.07, 6.45) is 0. The van der Waals surface area contributed by atoms with Crippen LogP contribution in [0, 0.1) is 6.92 Å². The van der Waals surface area contributed by atoms with Crippen LogP contribution in [-0.2, 0) is 21.6 Å². The van der Waals surface area contributed by atoms with E-state index in [9.17, 15) is 14.7 Å². The van der Waals surface area contributed by atoms with Gasteiger partial charge >= 0.3 is 0 Å². The molecule has 220 valence electrons. The molecule has 0 aromatic heterocycles. The van der Waals surface area contributed by atoms with Gasteiger partial charge in [0.2, 0.25) is 0 Å². The van der Waals surface area contributed by atoms with Crippen LogP contribution in [0.2, 0.25) is 0 Å². The number of ether oxygens (including phenoxy) is 1. The van der Waals surface area contributed by atoms with Gasteiger partial charge in [0.05, 0.1) is 11.6 Å². The largest absolute Gasteiger partial charge is 0.507 e. The second-order valence-electron chi connectivity index (χ2n) is 12.5. The number of aryl methyl sites for hydroxylation is 1. The van der Waals surface area contributed by atoms with E-state index in [0.29, 0.717) is 29.5 Å². The van der Waals surface area contributed by atoms with E-state index in [0.717, 1.165) is 27.8 Å². The third kappa shape index (κ3) is 6.12. The second kappa shape index (κ2) is 11.9. The second-order valence-corrected chi connectivity index (χ2v) is 12.5. The zero-order valence-electron chi connectivity index (χ0n) is 25.7. The quantitative estimate of drug-likeness (QED) is 0.137. The number of benzene rings is 4. The third-order valence-corrected chi connectivity index (χ3v) is 8.06. The van der Waals surface area contributed by atoms with Gasteiger partial charge in [-0.2, -0.15) is 0 Å². The monoisotopic (exact) mass is 573 g/mol. The van der Waals surface area contributed by atoms with E-state index in [2.05, 4.69) is 34.6 Å². The molecule has 0 bridgehead atoms. The van der Waals surface area contributed by atoms with Crippen LogP contribution in [0.3, 0.4) is 0 Å². The van der Waals surface area contributed by atoms with Crippen molar-refractivity contribution in [1.29, 1.82) is 0 Å². The Morgan fingerprint density at radius 2 is 1.53 bits per heavy atom. The van der Waals surface area contributed by atoms with Crippen molar-refractivity contribution in [2.24, 2.45) is 0 Å². The molecule has 1 aliphatic heterocycles. The summed E-state index contributed by atoms with van der Waals surface area (Å²) >= 11 is 0. The first-order chi connectivity index (χ1) is 20.5. The molecule has 1 unspecified atom stereocenters. The Bertz CT molecular complexity index is 1660. The van der Waals surface area contributed by atoms with E-state index in [1.165, 1.54) is 4.90 Å². The molecule has 4 aromatic rings. The molecule has 5 nitrogen and oxygen atoms in total. The predicted octanol–water partition coefficient (Wildman–Crippen LogP) is 8.62. The number of hydrogen-bond donors (Lipinski definition) is 1. The van der Waals surface area contributed by atoms with Crippen LogP contribution in [-0.4, -0.2) is 16.8 Å². The number of aliphatic hydroxyl groups is 1. The van der Waals surface area contributed by atoms with Gasteiger partial charge in [-0.25, -0.2) is 0 Å². The molecule has 0 aliphatic carbocycles. The first kappa shape index (κ1) is 29.8. The molecule has 1 saturated heterocycles. The lowest BCUT2D eigenvalue weighted by atomic mass is 9.85. The van der Waals surface area contributed by atoms with Gasteiger partial charge in [0.15, 0.2) is 0 Å². The molecule has 5 heteroatoms. The third-order valence-electron chi connectivity index (χ3n) is 8.06. The highest BCUT2D eigenvalue weighted by atomic mass is 16.5. The molecule has 0 spiro atoms. The number of nitrogens with zero attached hydrogens (tertiary/aromatic N) is 1. The standard InChI is InChI=1S/C38H39NO4/c1-24(2)27-14-19-31(20-15-27)39-34(28-12-17-30(18-13-28)38(4,5)6)33(36(41)37(39)42)35(40)29-16-21-32(25(3)22-29)43-23-26-10-8-7-9-11-26/h7-22,24,34,40H,23H2,1-6H3/b35-33-. The smallest absolute Gasteiger partial charge is 0.300 e. The van der Waals surface area contributed by atoms with E-state index in [1.807, 2.05) is 85.8 Å². The fraction of sp³-hybridized carbons (Fsp3) is 0.263. The zero-order chi connectivity index (χ0) is 30.9. The number of carbonyl (C=O) groups excluding carboxylic acids is 2. The Hall–Kier alpha value is -4.64. The summed E-state index contributed by atoms with van der Waals surface area (Å²) in [5, 5.41) is 11.7. The van der Waals surface area contributed by atoms with Crippen molar-refractivity contribution in [1.82, 2.24) is 0 Å². The van der Waals surface area contributed by atoms with Gasteiger partial charge in [0.25, 0.3) is 11.7 Å². The first-order valence-corrected chi connectivity index (χ1v) is 14.7. The van der Waals surface area contributed by atoms with Crippen molar-refractivity contribution in [2.75, 3.05) is 4.90 Å². The summed E-state index contributed by atoms with van der Waals surface area (Å²) in [5.74, 6) is -0.573. The minimum absolute atomic E-state index is 0.0606. The van der Waals surface area contributed by atoms with Crippen LogP contribution in [0.15, 0.2) is 103 Å². The number of amides is 1. The summed E-state index contributed by atoms with van der Waals surface area (Å²) < 4.78 is 6.02. The van der Waals surface area contributed by atoms with E-state index >= 15 is 0 Å². The fourth-order valence-corrected chi connectivity index (χ4v) is 5.45. The molecule has 1 heterocycles. The van der Waals surface area contributed by atoms with Crippen LogP contribution < -0.4 is 9.64 Å². The van der Waals surface area contributed by atoms with E-state index in [4.69, 9.17) is 4.74 Å².